The average Bonchev–Trinajstić information content (AvgIpc) is 2.14. The molecule has 0 radical (unpaired) electrons. The largest absolute Gasteiger partial charge is 0.327 e. The minimum absolute atomic E-state index is 0.109. The van der Waals surface area contributed by atoms with Crippen molar-refractivity contribution in [2.45, 2.75) is 6.92 Å². The second-order valence-electron chi connectivity index (χ2n) is 1.64. The summed E-state index contributed by atoms with van der Waals surface area (Å²) in [7, 11) is 0. The first-order valence-electron chi connectivity index (χ1n) is 2.41. The summed E-state index contributed by atoms with van der Waals surface area (Å²) in [4.78, 5) is 16.8. The molecule has 0 aromatic carbocycles. The van der Waals surface area contributed by atoms with Crippen LogP contribution < -0.4 is 0 Å². The van der Waals surface area contributed by atoms with E-state index in [1.165, 1.54) is 13.1 Å². The number of nitrogens with zero attached hydrogens (tertiary/aromatic N) is 1. The van der Waals surface area contributed by atoms with Crippen LogP contribution in [0.25, 0.3) is 0 Å². The van der Waals surface area contributed by atoms with E-state index in [9.17, 15) is 4.79 Å². The molecule has 0 spiro atoms. The summed E-state index contributed by atoms with van der Waals surface area (Å²) in [5, 5.41) is 0.389. The fourth-order valence-electron chi connectivity index (χ4n) is 0.478. The molecule has 1 aromatic heterocycles. The molecule has 3 nitrogen and oxygen atoms in total. The van der Waals surface area contributed by atoms with Gasteiger partial charge in [-0.1, -0.05) is 11.6 Å². The standard InChI is InChI=1S/C5H5ClN2O/c1-3(9)5-7-2-4(6)8-5/h2H,1H3,(H,7,8). The van der Waals surface area contributed by atoms with Gasteiger partial charge in [-0.3, -0.25) is 4.79 Å². The van der Waals surface area contributed by atoms with Crippen LogP contribution in [0.5, 0.6) is 0 Å². The van der Waals surface area contributed by atoms with Crippen molar-refractivity contribution in [3.8, 4) is 0 Å². The summed E-state index contributed by atoms with van der Waals surface area (Å²) in [5.74, 6) is 0.196. The highest BCUT2D eigenvalue weighted by Gasteiger charge is 2.01. The third kappa shape index (κ3) is 1.29. The van der Waals surface area contributed by atoms with Crippen molar-refractivity contribution in [3.63, 3.8) is 0 Å². The molecule has 1 heterocycles. The SMILES string of the molecule is CC(=O)c1ncc(Cl)[nH]1. The predicted molar refractivity (Wildman–Crippen MR) is 33.6 cm³/mol. The lowest BCUT2D eigenvalue weighted by molar-refractivity contribution is 0.100. The van der Waals surface area contributed by atoms with Crippen LogP contribution in [0.3, 0.4) is 0 Å². The second-order valence-corrected chi connectivity index (χ2v) is 2.04. The summed E-state index contributed by atoms with van der Waals surface area (Å²) < 4.78 is 0. The first kappa shape index (κ1) is 6.29. The number of carbonyl (C=O) groups is 1. The number of aromatic amines is 1. The molecule has 0 aliphatic heterocycles. The molecule has 1 rings (SSSR count). The summed E-state index contributed by atoms with van der Waals surface area (Å²) in [6.45, 7) is 1.43. The minimum Gasteiger partial charge on any atom is -0.327 e. The zero-order chi connectivity index (χ0) is 6.85. The Morgan fingerprint density at radius 3 is 2.78 bits per heavy atom. The van der Waals surface area contributed by atoms with Gasteiger partial charge in [0.2, 0.25) is 0 Å². The predicted octanol–water partition coefficient (Wildman–Crippen LogP) is 1.27. The van der Waals surface area contributed by atoms with Gasteiger partial charge in [0.15, 0.2) is 11.6 Å². The van der Waals surface area contributed by atoms with Crippen molar-refractivity contribution in [2.75, 3.05) is 0 Å². The van der Waals surface area contributed by atoms with E-state index in [-0.39, 0.29) is 5.78 Å². The molecular formula is C5H5ClN2O. The summed E-state index contributed by atoms with van der Waals surface area (Å²) in [5.41, 5.74) is 0. The number of Topliss-reactive ketones (excluding diaryl/α,β-unsaturated/α-hetero) is 1. The van der Waals surface area contributed by atoms with Crippen LogP contribution in [0.15, 0.2) is 6.20 Å². The topological polar surface area (TPSA) is 45.8 Å². The normalized spacial score (nSPS) is 9.56. The van der Waals surface area contributed by atoms with Crippen LogP contribution in [0.4, 0.5) is 0 Å². The molecule has 1 N–H and O–H groups in total. The first-order chi connectivity index (χ1) is 4.20. The van der Waals surface area contributed by atoms with Gasteiger partial charge in [0.25, 0.3) is 0 Å². The molecule has 0 unspecified atom stereocenters. The smallest absolute Gasteiger partial charge is 0.195 e. The third-order valence-corrected chi connectivity index (χ3v) is 1.07. The maximum Gasteiger partial charge on any atom is 0.195 e. The van der Waals surface area contributed by atoms with Crippen LogP contribution in [0.2, 0.25) is 5.15 Å². The molecule has 0 aliphatic carbocycles. The Morgan fingerprint density at radius 1 is 1.89 bits per heavy atom. The Labute approximate surface area is 57.1 Å². The van der Waals surface area contributed by atoms with Crippen LogP contribution in [0, 0.1) is 0 Å². The van der Waals surface area contributed by atoms with E-state index in [0.717, 1.165) is 0 Å². The molecule has 1 aromatic rings. The maximum absolute atomic E-state index is 10.5. The number of imidazole rings is 1. The molecule has 0 saturated heterocycles. The Bertz CT molecular complexity index is 231. The number of rotatable bonds is 1. The lowest BCUT2D eigenvalue weighted by Gasteiger charge is -1.81. The highest BCUT2D eigenvalue weighted by molar-refractivity contribution is 6.29. The molecule has 0 amide bonds. The van der Waals surface area contributed by atoms with Crippen molar-refractivity contribution in [2.24, 2.45) is 0 Å². The monoisotopic (exact) mass is 144 g/mol. The van der Waals surface area contributed by atoms with E-state index in [2.05, 4.69) is 9.97 Å². The van der Waals surface area contributed by atoms with Gasteiger partial charge in [0, 0.05) is 6.92 Å². The number of hydrogen-bond donors (Lipinski definition) is 1. The molecule has 0 fully saturated rings. The quantitative estimate of drug-likeness (QED) is 0.604. The number of H-pyrrole nitrogens is 1. The van der Waals surface area contributed by atoms with Gasteiger partial charge < -0.3 is 4.98 Å². The fraction of sp³-hybridized carbons (Fsp3) is 0.200. The number of carbonyl (C=O) groups excluding carboxylic acids is 1. The lowest BCUT2D eigenvalue weighted by atomic mass is 10.4. The van der Waals surface area contributed by atoms with Gasteiger partial charge in [-0.05, 0) is 0 Å². The van der Waals surface area contributed by atoms with Gasteiger partial charge in [-0.15, -0.1) is 0 Å². The summed E-state index contributed by atoms with van der Waals surface area (Å²) in [6, 6.07) is 0. The van der Waals surface area contributed by atoms with Crippen LogP contribution in [-0.4, -0.2) is 15.8 Å². The maximum atomic E-state index is 10.5. The van der Waals surface area contributed by atoms with E-state index in [0.29, 0.717) is 11.0 Å². The molecule has 9 heavy (non-hydrogen) atoms. The number of nitrogens with one attached hydrogen (secondary N) is 1. The Hall–Kier alpha value is -0.830. The van der Waals surface area contributed by atoms with Gasteiger partial charge in [-0.25, -0.2) is 4.98 Å². The first-order valence-corrected chi connectivity index (χ1v) is 2.79. The molecular weight excluding hydrogens is 140 g/mol. The van der Waals surface area contributed by atoms with Gasteiger partial charge in [0.1, 0.15) is 5.15 Å². The molecule has 4 heteroatoms. The highest BCUT2D eigenvalue weighted by atomic mass is 35.5. The third-order valence-electron chi connectivity index (χ3n) is 0.878. The molecule has 0 atom stereocenters. The zero-order valence-electron chi connectivity index (χ0n) is 4.81. The minimum atomic E-state index is -0.109. The number of ketones is 1. The molecule has 0 aliphatic rings. The van der Waals surface area contributed by atoms with E-state index in [4.69, 9.17) is 11.6 Å². The van der Waals surface area contributed by atoms with Crippen LogP contribution in [-0.2, 0) is 0 Å². The van der Waals surface area contributed by atoms with Crippen molar-refractivity contribution in [1.82, 2.24) is 9.97 Å². The summed E-state index contributed by atoms with van der Waals surface area (Å²) >= 11 is 5.43. The Kier molecular flexibility index (Phi) is 1.53. The highest BCUT2D eigenvalue weighted by Crippen LogP contribution is 2.02. The second kappa shape index (κ2) is 2.19. The van der Waals surface area contributed by atoms with Crippen molar-refractivity contribution >= 4 is 17.4 Å². The molecule has 48 valence electrons. The fourth-order valence-corrected chi connectivity index (χ4v) is 0.616. The van der Waals surface area contributed by atoms with Crippen molar-refractivity contribution in [3.05, 3.63) is 17.2 Å². The average molecular weight is 145 g/mol. The molecule has 0 bridgehead atoms. The molecule has 0 saturated carbocycles. The summed E-state index contributed by atoms with van der Waals surface area (Å²) in [6.07, 6.45) is 1.40. The zero-order valence-corrected chi connectivity index (χ0v) is 5.57. The number of halogens is 1. The number of hydrogen-bond acceptors (Lipinski definition) is 2. The van der Waals surface area contributed by atoms with E-state index in [1.807, 2.05) is 0 Å². The van der Waals surface area contributed by atoms with Crippen LogP contribution in [0.1, 0.15) is 17.5 Å². The van der Waals surface area contributed by atoms with E-state index in [1.54, 1.807) is 0 Å². The number of aromatic nitrogens is 2. The van der Waals surface area contributed by atoms with Gasteiger partial charge in [-0.2, -0.15) is 0 Å². The van der Waals surface area contributed by atoms with Gasteiger partial charge >= 0.3 is 0 Å². The Morgan fingerprint density at radius 2 is 2.56 bits per heavy atom. The lowest BCUT2D eigenvalue weighted by Crippen LogP contribution is -1.93. The Balaban J connectivity index is 2.98. The van der Waals surface area contributed by atoms with Crippen molar-refractivity contribution in [1.29, 1.82) is 0 Å². The van der Waals surface area contributed by atoms with Crippen molar-refractivity contribution < 1.29 is 4.79 Å². The van der Waals surface area contributed by atoms with Crippen LogP contribution >= 0.6 is 11.6 Å². The van der Waals surface area contributed by atoms with E-state index < -0.39 is 0 Å². The van der Waals surface area contributed by atoms with E-state index >= 15 is 0 Å². The van der Waals surface area contributed by atoms with Gasteiger partial charge in [0.05, 0.1) is 6.20 Å².